The van der Waals surface area contributed by atoms with Crippen LogP contribution in [0.2, 0.25) is 0 Å². The first kappa shape index (κ1) is 21.3. The van der Waals surface area contributed by atoms with Crippen molar-refractivity contribution in [3.63, 3.8) is 0 Å². The summed E-state index contributed by atoms with van der Waals surface area (Å²) in [5.74, 6) is 2.47. The van der Waals surface area contributed by atoms with Crippen LogP contribution in [0.1, 0.15) is 18.4 Å². The predicted octanol–water partition coefficient (Wildman–Crippen LogP) is 4.30. The van der Waals surface area contributed by atoms with Gasteiger partial charge in [-0.1, -0.05) is 6.08 Å². The fourth-order valence-electron chi connectivity index (χ4n) is 3.67. The molecule has 3 aromatic rings. The van der Waals surface area contributed by atoms with Gasteiger partial charge in [0.25, 0.3) is 0 Å². The smallest absolute Gasteiger partial charge is 0.199 e. The highest BCUT2D eigenvalue weighted by Crippen LogP contribution is 2.32. The number of hydrogen-bond acceptors (Lipinski definition) is 6. The molecule has 8 heteroatoms. The van der Waals surface area contributed by atoms with Crippen molar-refractivity contribution in [2.24, 2.45) is 0 Å². The summed E-state index contributed by atoms with van der Waals surface area (Å²) in [6.07, 6.45) is 7.73. The van der Waals surface area contributed by atoms with E-state index in [2.05, 4.69) is 16.5 Å². The largest absolute Gasteiger partial charge is 0.497 e. The van der Waals surface area contributed by atoms with Crippen molar-refractivity contribution in [1.82, 2.24) is 24.2 Å². The summed E-state index contributed by atoms with van der Waals surface area (Å²) in [4.78, 5) is 6.63. The minimum atomic E-state index is 0.504. The number of allylic oxidation sites excluding steroid dienone is 1. The van der Waals surface area contributed by atoms with E-state index >= 15 is 0 Å². The Hall–Kier alpha value is -2.97. The van der Waals surface area contributed by atoms with Crippen molar-refractivity contribution in [2.75, 3.05) is 14.2 Å². The number of hydrogen-bond donors (Lipinski definition) is 0. The lowest BCUT2D eigenvalue weighted by Crippen LogP contribution is -2.29. The molecule has 0 saturated heterocycles. The highest BCUT2D eigenvalue weighted by Gasteiger charge is 2.30. The molecule has 0 spiro atoms. The van der Waals surface area contributed by atoms with Gasteiger partial charge < -0.3 is 9.47 Å². The molecule has 0 unspecified atom stereocenters. The molecule has 0 N–H and O–H groups in total. The van der Waals surface area contributed by atoms with Crippen LogP contribution in [0.3, 0.4) is 0 Å². The van der Waals surface area contributed by atoms with Gasteiger partial charge in [-0.2, -0.15) is 5.10 Å². The molecule has 2 aromatic heterocycles. The van der Waals surface area contributed by atoms with E-state index in [4.69, 9.17) is 26.8 Å². The first-order valence-electron chi connectivity index (χ1n) is 10.3. The van der Waals surface area contributed by atoms with Gasteiger partial charge in [0.05, 0.1) is 20.9 Å². The van der Waals surface area contributed by atoms with E-state index in [-0.39, 0.29) is 0 Å². The minimum Gasteiger partial charge on any atom is -0.497 e. The summed E-state index contributed by atoms with van der Waals surface area (Å²) in [6, 6.07) is 10.3. The van der Waals surface area contributed by atoms with Crippen LogP contribution in [0, 0.1) is 4.77 Å². The first-order valence-corrected chi connectivity index (χ1v) is 10.7. The SMILES string of the molecule is C=CCn1c(-c2cccnc2)nn(CN(Cc2cc(OC)ccc2OC)C2CC2)c1=S. The van der Waals surface area contributed by atoms with Gasteiger partial charge in [0.2, 0.25) is 0 Å². The van der Waals surface area contributed by atoms with Crippen molar-refractivity contribution >= 4 is 12.2 Å². The van der Waals surface area contributed by atoms with Gasteiger partial charge >= 0.3 is 0 Å². The molecule has 0 bridgehead atoms. The second-order valence-corrected chi connectivity index (χ2v) is 7.91. The second-order valence-electron chi connectivity index (χ2n) is 7.54. The van der Waals surface area contributed by atoms with Crippen LogP contribution < -0.4 is 9.47 Å². The molecule has 1 saturated carbocycles. The van der Waals surface area contributed by atoms with Crippen molar-refractivity contribution in [3.05, 3.63) is 65.7 Å². The molecule has 7 nitrogen and oxygen atoms in total. The number of nitrogens with zero attached hydrogens (tertiary/aromatic N) is 5. The molecule has 1 aromatic carbocycles. The maximum Gasteiger partial charge on any atom is 0.199 e. The van der Waals surface area contributed by atoms with Crippen LogP contribution >= 0.6 is 12.2 Å². The number of methoxy groups -OCH3 is 2. The van der Waals surface area contributed by atoms with Crippen LogP contribution in [0.4, 0.5) is 0 Å². The fourth-order valence-corrected chi connectivity index (χ4v) is 3.93. The number of ether oxygens (including phenoxy) is 2. The van der Waals surface area contributed by atoms with Gasteiger partial charge in [0.15, 0.2) is 10.6 Å². The quantitative estimate of drug-likeness (QED) is 0.348. The summed E-state index contributed by atoms with van der Waals surface area (Å²) in [6.45, 7) is 5.79. The average Bonchev–Trinajstić information content (AvgIpc) is 3.61. The third kappa shape index (κ3) is 4.70. The number of benzene rings is 1. The van der Waals surface area contributed by atoms with E-state index < -0.39 is 0 Å². The Morgan fingerprint density at radius 3 is 2.74 bits per heavy atom. The zero-order valence-corrected chi connectivity index (χ0v) is 18.7. The monoisotopic (exact) mass is 437 g/mol. The Bertz CT molecular complexity index is 1100. The summed E-state index contributed by atoms with van der Waals surface area (Å²) in [5.41, 5.74) is 2.01. The number of rotatable bonds is 10. The summed E-state index contributed by atoms with van der Waals surface area (Å²) < 4.78 is 15.6. The van der Waals surface area contributed by atoms with E-state index in [1.54, 1.807) is 26.6 Å². The molecule has 0 radical (unpaired) electrons. The lowest BCUT2D eigenvalue weighted by atomic mass is 10.1. The molecule has 0 aliphatic heterocycles. The van der Waals surface area contributed by atoms with Gasteiger partial charge in [-0.05, 0) is 55.4 Å². The Morgan fingerprint density at radius 1 is 1.26 bits per heavy atom. The average molecular weight is 438 g/mol. The Kier molecular flexibility index (Phi) is 6.48. The maximum atomic E-state index is 5.78. The van der Waals surface area contributed by atoms with E-state index in [0.29, 0.717) is 24.0 Å². The van der Waals surface area contributed by atoms with Crippen LogP contribution in [-0.2, 0) is 19.8 Å². The predicted molar refractivity (Wildman–Crippen MR) is 123 cm³/mol. The van der Waals surface area contributed by atoms with Gasteiger partial charge in [0.1, 0.15) is 11.5 Å². The van der Waals surface area contributed by atoms with Gasteiger partial charge in [-0.15, -0.1) is 6.58 Å². The van der Waals surface area contributed by atoms with Gasteiger partial charge in [-0.3, -0.25) is 14.5 Å². The molecular weight excluding hydrogens is 410 g/mol. The minimum absolute atomic E-state index is 0.504. The molecule has 1 aliphatic carbocycles. The summed E-state index contributed by atoms with van der Waals surface area (Å²) in [7, 11) is 3.37. The molecular formula is C23H27N5O2S. The number of pyridine rings is 1. The van der Waals surface area contributed by atoms with E-state index in [1.165, 1.54) is 12.8 Å². The van der Waals surface area contributed by atoms with Crippen molar-refractivity contribution in [1.29, 1.82) is 0 Å². The van der Waals surface area contributed by atoms with Gasteiger partial charge in [0, 0.05) is 42.7 Å². The Morgan fingerprint density at radius 2 is 2.10 bits per heavy atom. The third-order valence-electron chi connectivity index (χ3n) is 5.39. The highest BCUT2D eigenvalue weighted by molar-refractivity contribution is 7.71. The van der Waals surface area contributed by atoms with Crippen LogP contribution in [0.25, 0.3) is 11.4 Å². The lowest BCUT2D eigenvalue weighted by Gasteiger charge is -2.23. The van der Waals surface area contributed by atoms with Crippen molar-refractivity contribution < 1.29 is 9.47 Å². The standard InChI is InChI=1S/C23H27N5O2S/c1-4-12-27-22(17-6-5-11-24-14-17)25-28(23(27)31)16-26(19-7-8-19)15-18-13-20(29-2)9-10-21(18)30-3/h4-6,9-11,13-14,19H,1,7-8,12,15-16H2,2-3H3. The Balaban J connectivity index is 1.65. The first-order chi connectivity index (χ1) is 15.1. The number of aromatic nitrogens is 4. The third-order valence-corrected chi connectivity index (χ3v) is 5.83. The van der Waals surface area contributed by atoms with Gasteiger partial charge in [-0.25, -0.2) is 4.68 Å². The maximum absolute atomic E-state index is 5.78. The summed E-state index contributed by atoms with van der Waals surface area (Å²) >= 11 is 5.78. The molecule has 162 valence electrons. The molecule has 31 heavy (non-hydrogen) atoms. The lowest BCUT2D eigenvalue weighted by molar-refractivity contribution is 0.184. The topological polar surface area (TPSA) is 57.3 Å². The van der Waals surface area contributed by atoms with Crippen LogP contribution in [0.15, 0.2) is 55.4 Å². The fraction of sp³-hybridized carbons (Fsp3) is 0.348. The van der Waals surface area contributed by atoms with E-state index in [9.17, 15) is 0 Å². The normalized spacial score (nSPS) is 13.4. The highest BCUT2D eigenvalue weighted by atomic mass is 32.1. The molecule has 0 amide bonds. The molecule has 2 heterocycles. The zero-order valence-electron chi connectivity index (χ0n) is 17.9. The van der Waals surface area contributed by atoms with Crippen molar-refractivity contribution in [3.8, 4) is 22.9 Å². The molecule has 1 fully saturated rings. The Labute approximate surface area is 187 Å². The van der Waals surface area contributed by atoms with Crippen molar-refractivity contribution in [2.45, 2.75) is 38.6 Å². The van der Waals surface area contributed by atoms with E-state index in [1.807, 2.05) is 45.7 Å². The second kappa shape index (κ2) is 9.45. The van der Waals surface area contributed by atoms with E-state index in [0.717, 1.165) is 35.0 Å². The van der Waals surface area contributed by atoms with Crippen LogP contribution in [-0.4, -0.2) is 44.5 Å². The van der Waals surface area contributed by atoms with Crippen LogP contribution in [0.5, 0.6) is 11.5 Å². The molecule has 1 aliphatic rings. The zero-order chi connectivity index (χ0) is 21.8. The molecule has 0 atom stereocenters. The molecule has 4 rings (SSSR count). The summed E-state index contributed by atoms with van der Waals surface area (Å²) in [5, 5.41) is 4.86.